The maximum absolute atomic E-state index is 9.90. The molecule has 1 aliphatic rings. The van der Waals surface area contributed by atoms with Crippen LogP contribution in [-0.2, 0) is 13.2 Å². The van der Waals surface area contributed by atoms with E-state index in [4.69, 9.17) is 16.6 Å². The van der Waals surface area contributed by atoms with Crippen molar-refractivity contribution in [2.45, 2.75) is 26.2 Å². The lowest BCUT2D eigenvalue weighted by molar-refractivity contribution is 0.159. The van der Waals surface area contributed by atoms with Crippen LogP contribution in [0.4, 0.5) is 5.95 Å². The summed E-state index contributed by atoms with van der Waals surface area (Å²) in [7, 11) is 0. The van der Waals surface area contributed by atoms with E-state index in [0.29, 0.717) is 6.54 Å². The lowest BCUT2D eigenvalue weighted by Crippen LogP contribution is -2.47. The molecule has 25 heavy (non-hydrogen) atoms. The van der Waals surface area contributed by atoms with Crippen molar-refractivity contribution in [1.82, 2.24) is 14.5 Å². The Bertz CT molecular complexity index is 892. The van der Waals surface area contributed by atoms with Gasteiger partial charge in [-0.25, -0.2) is 4.98 Å². The van der Waals surface area contributed by atoms with Gasteiger partial charge in [0.25, 0.3) is 0 Å². The van der Waals surface area contributed by atoms with Gasteiger partial charge in [0.2, 0.25) is 5.95 Å². The Hall–Kier alpha value is -2.08. The van der Waals surface area contributed by atoms with E-state index in [1.807, 2.05) is 43.3 Å². The number of rotatable bonds is 4. The molecule has 1 unspecified atom stereocenters. The van der Waals surface area contributed by atoms with Gasteiger partial charge in [0.05, 0.1) is 30.5 Å². The van der Waals surface area contributed by atoms with Crippen molar-refractivity contribution < 1.29 is 5.11 Å². The van der Waals surface area contributed by atoms with Crippen molar-refractivity contribution in [3.8, 4) is 0 Å². The summed E-state index contributed by atoms with van der Waals surface area (Å²) in [5, 5.41) is 10.7. The van der Waals surface area contributed by atoms with E-state index in [2.05, 4.69) is 26.5 Å². The quantitative estimate of drug-likeness (QED) is 0.779. The average Bonchev–Trinajstić information content (AvgIpc) is 2.94. The maximum Gasteiger partial charge on any atom is 0.208 e. The number of fused-ring (bicyclic) bond motifs is 3. The molecule has 4 rings (SSSR count). The van der Waals surface area contributed by atoms with E-state index in [0.717, 1.165) is 41.9 Å². The Kier molecular flexibility index (Phi) is 4.37. The molecule has 1 atom stereocenters. The number of para-hydroxylation sites is 2. The SMILES string of the molecule is CC(O)CN1CN(Cc2cccc(Cl)c2)Cn2c1nc1ccccc12. The minimum Gasteiger partial charge on any atom is -0.392 e. The topological polar surface area (TPSA) is 44.5 Å². The molecular formula is C19H21ClN4O. The summed E-state index contributed by atoms with van der Waals surface area (Å²) in [5.74, 6) is 0.921. The normalized spacial score (nSPS) is 16.2. The van der Waals surface area contributed by atoms with E-state index >= 15 is 0 Å². The van der Waals surface area contributed by atoms with Gasteiger partial charge in [0.15, 0.2) is 0 Å². The maximum atomic E-state index is 9.90. The number of nitrogens with zero attached hydrogens (tertiary/aromatic N) is 4. The van der Waals surface area contributed by atoms with Crippen LogP contribution < -0.4 is 4.90 Å². The molecule has 0 saturated heterocycles. The summed E-state index contributed by atoms with van der Waals surface area (Å²) in [6.07, 6.45) is -0.417. The molecule has 0 bridgehead atoms. The summed E-state index contributed by atoms with van der Waals surface area (Å²) in [6.45, 7) is 4.64. The molecule has 2 aromatic carbocycles. The first-order chi connectivity index (χ1) is 12.1. The zero-order valence-corrected chi connectivity index (χ0v) is 14.9. The fraction of sp³-hybridized carbons (Fsp3) is 0.316. The van der Waals surface area contributed by atoms with Crippen molar-refractivity contribution in [1.29, 1.82) is 0 Å². The first kappa shape index (κ1) is 16.4. The predicted octanol–water partition coefficient (Wildman–Crippen LogP) is 3.31. The second-order valence-electron chi connectivity index (χ2n) is 6.64. The number of anilines is 1. The van der Waals surface area contributed by atoms with E-state index in [9.17, 15) is 5.11 Å². The van der Waals surface area contributed by atoms with Crippen LogP contribution in [0.5, 0.6) is 0 Å². The van der Waals surface area contributed by atoms with Crippen molar-refractivity contribution in [3.05, 3.63) is 59.1 Å². The third kappa shape index (κ3) is 3.35. The molecule has 130 valence electrons. The number of aromatic nitrogens is 2. The van der Waals surface area contributed by atoms with Crippen LogP contribution in [0.15, 0.2) is 48.5 Å². The Balaban J connectivity index is 1.68. The Morgan fingerprint density at radius 2 is 2.00 bits per heavy atom. The highest BCUT2D eigenvalue weighted by Gasteiger charge is 2.26. The lowest BCUT2D eigenvalue weighted by Gasteiger charge is -2.37. The molecule has 1 N–H and O–H groups in total. The molecule has 1 aliphatic heterocycles. The molecule has 0 saturated carbocycles. The van der Waals surface area contributed by atoms with Crippen molar-refractivity contribution in [2.24, 2.45) is 0 Å². The fourth-order valence-electron chi connectivity index (χ4n) is 3.44. The molecule has 1 aromatic heterocycles. The van der Waals surface area contributed by atoms with Gasteiger partial charge in [0.1, 0.15) is 0 Å². The van der Waals surface area contributed by atoms with Crippen molar-refractivity contribution in [2.75, 3.05) is 18.1 Å². The number of aliphatic hydroxyl groups is 1. The van der Waals surface area contributed by atoms with Gasteiger partial charge in [-0.05, 0) is 36.8 Å². The number of halogens is 1. The molecule has 0 aliphatic carbocycles. The first-order valence-corrected chi connectivity index (χ1v) is 8.83. The Labute approximate surface area is 152 Å². The van der Waals surface area contributed by atoms with Crippen LogP contribution in [0.3, 0.4) is 0 Å². The number of hydrogen-bond acceptors (Lipinski definition) is 4. The highest BCUT2D eigenvalue weighted by atomic mass is 35.5. The smallest absolute Gasteiger partial charge is 0.208 e. The fourth-order valence-corrected chi connectivity index (χ4v) is 3.66. The Morgan fingerprint density at radius 3 is 2.80 bits per heavy atom. The molecule has 2 heterocycles. The van der Waals surface area contributed by atoms with Gasteiger partial charge >= 0.3 is 0 Å². The van der Waals surface area contributed by atoms with Gasteiger partial charge < -0.3 is 10.0 Å². The molecule has 0 spiro atoms. The molecule has 0 fully saturated rings. The van der Waals surface area contributed by atoms with Crippen molar-refractivity contribution in [3.63, 3.8) is 0 Å². The van der Waals surface area contributed by atoms with Crippen LogP contribution in [0.25, 0.3) is 11.0 Å². The Morgan fingerprint density at radius 1 is 1.16 bits per heavy atom. The van der Waals surface area contributed by atoms with Crippen LogP contribution in [-0.4, -0.2) is 38.9 Å². The zero-order chi connectivity index (χ0) is 17.4. The average molecular weight is 357 g/mol. The highest BCUT2D eigenvalue weighted by Crippen LogP contribution is 2.28. The van der Waals surface area contributed by atoms with E-state index in [1.54, 1.807) is 0 Å². The lowest BCUT2D eigenvalue weighted by atomic mass is 10.2. The van der Waals surface area contributed by atoms with Gasteiger partial charge in [0, 0.05) is 18.1 Å². The summed E-state index contributed by atoms with van der Waals surface area (Å²) in [6, 6.07) is 16.1. The van der Waals surface area contributed by atoms with E-state index < -0.39 is 6.10 Å². The number of β-amino-alcohol motifs (C(OH)–C–C–N with tert-alkyl or cyclic N) is 1. The number of hydrogen-bond donors (Lipinski definition) is 1. The minimum absolute atomic E-state index is 0.417. The molecule has 0 radical (unpaired) electrons. The molecule has 3 aromatic rings. The van der Waals surface area contributed by atoms with Crippen molar-refractivity contribution >= 4 is 28.6 Å². The minimum atomic E-state index is -0.417. The van der Waals surface area contributed by atoms with Gasteiger partial charge in [-0.2, -0.15) is 0 Å². The summed E-state index contributed by atoms with van der Waals surface area (Å²) >= 11 is 6.12. The standard InChI is InChI=1S/C19H21ClN4O/c1-14(25)10-23-12-22(11-15-5-4-6-16(20)9-15)13-24-18-8-3-2-7-17(18)21-19(23)24/h2-9,14,25H,10-13H2,1H3. The largest absolute Gasteiger partial charge is 0.392 e. The van der Waals surface area contributed by atoms with Crippen LogP contribution in [0, 0.1) is 0 Å². The number of imidazole rings is 1. The van der Waals surface area contributed by atoms with E-state index in [-0.39, 0.29) is 0 Å². The number of benzene rings is 2. The first-order valence-electron chi connectivity index (χ1n) is 8.45. The highest BCUT2D eigenvalue weighted by molar-refractivity contribution is 6.30. The van der Waals surface area contributed by atoms with Crippen LogP contribution >= 0.6 is 11.6 Å². The summed E-state index contributed by atoms with van der Waals surface area (Å²) < 4.78 is 2.21. The predicted molar refractivity (Wildman–Crippen MR) is 101 cm³/mol. The van der Waals surface area contributed by atoms with Gasteiger partial charge in [-0.3, -0.25) is 9.47 Å². The third-order valence-electron chi connectivity index (χ3n) is 4.41. The third-order valence-corrected chi connectivity index (χ3v) is 4.64. The van der Waals surface area contributed by atoms with Gasteiger partial charge in [-0.15, -0.1) is 0 Å². The molecular weight excluding hydrogens is 336 g/mol. The number of aliphatic hydroxyl groups excluding tert-OH is 1. The molecule has 5 nitrogen and oxygen atoms in total. The summed E-state index contributed by atoms with van der Waals surface area (Å²) in [5.41, 5.74) is 3.28. The zero-order valence-electron chi connectivity index (χ0n) is 14.1. The van der Waals surface area contributed by atoms with Gasteiger partial charge in [-0.1, -0.05) is 35.9 Å². The van der Waals surface area contributed by atoms with Crippen LogP contribution in [0.1, 0.15) is 12.5 Å². The van der Waals surface area contributed by atoms with Crippen LogP contribution in [0.2, 0.25) is 5.02 Å². The second-order valence-corrected chi connectivity index (χ2v) is 7.08. The summed E-state index contributed by atoms with van der Waals surface area (Å²) in [4.78, 5) is 9.24. The second kappa shape index (κ2) is 6.67. The van der Waals surface area contributed by atoms with E-state index in [1.165, 1.54) is 5.56 Å². The monoisotopic (exact) mass is 356 g/mol. The molecule has 0 amide bonds. The molecule has 6 heteroatoms.